The Hall–Kier alpha value is -0.890. The molecule has 0 amide bonds. The van der Waals surface area contributed by atoms with Crippen LogP contribution in [0, 0.1) is 18.7 Å². The van der Waals surface area contributed by atoms with E-state index in [4.69, 9.17) is 0 Å². The summed E-state index contributed by atoms with van der Waals surface area (Å²) >= 11 is 0. The van der Waals surface area contributed by atoms with Crippen LogP contribution >= 0.6 is 0 Å². The van der Waals surface area contributed by atoms with Crippen molar-refractivity contribution in [3.8, 4) is 0 Å². The number of benzene rings is 1. The number of hydrogen-bond acceptors (Lipinski definition) is 1. The summed E-state index contributed by atoms with van der Waals surface area (Å²) < 4.78 is 12.9. The Morgan fingerprint density at radius 1 is 1.40 bits per heavy atom. The van der Waals surface area contributed by atoms with Crippen molar-refractivity contribution in [3.63, 3.8) is 0 Å². The molecule has 0 saturated carbocycles. The third kappa shape index (κ3) is 4.00. The Labute approximate surface area is 91.7 Å². The first-order chi connectivity index (χ1) is 7.13. The van der Waals surface area contributed by atoms with Crippen LogP contribution in [0.3, 0.4) is 0 Å². The topological polar surface area (TPSA) is 12.0 Å². The molecule has 1 unspecified atom stereocenters. The molecule has 0 spiro atoms. The van der Waals surface area contributed by atoms with E-state index in [0.29, 0.717) is 5.92 Å². The zero-order chi connectivity index (χ0) is 11.3. The number of aryl methyl sites for hydroxylation is 1. The second kappa shape index (κ2) is 5.86. The second-order valence-electron chi connectivity index (χ2n) is 4.27. The van der Waals surface area contributed by atoms with Gasteiger partial charge in [-0.25, -0.2) is 4.39 Å². The van der Waals surface area contributed by atoms with Gasteiger partial charge in [-0.3, -0.25) is 0 Å². The van der Waals surface area contributed by atoms with E-state index in [0.717, 1.165) is 24.9 Å². The molecule has 1 nitrogen and oxygen atoms in total. The molecule has 2 heteroatoms. The molecule has 0 saturated heterocycles. The first-order valence-corrected chi connectivity index (χ1v) is 5.53. The zero-order valence-corrected chi connectivity index (χ0v) is 9.81. The average Bonchev–Trinajstić information content (AvgIpc) is 2.19. The maximum absolute atomic E-state index is 12.9. The number of hydrogen-bond donors (Lipinski definition) is 1. The first kappa shape index (κ1) is 12.2. The minimum absolute atomic E-state index is 0.140. The van der Waals surface area contributed by atoms with Gasteiger partial charge >= 0.3 is 0 Å². The van der Waals surface area contributed by atoms with E-state index in [9.17, 15) is 4.39 Å². The Kier molecular flexibility index (Phi) is 4.76. The van der Waals surface area contributed by atoms with Crippen molar-refractivity contribution in [1.29, 1.82) is 0 Å². The van der Waals surface area contributed by atoms with E-state index in [1.807, 2.05) is 20.0 Å². The van der Waals surface area contributed by atoms with Crippen molar-refractivity contribution in [1.82, 2.24) is 5.32 Å². The molecule has 0 radical (unpaired) electrons. The molecule has 15 heavy (non-hydrogen) atoms. The van der Waals surface area contributed by atoms with Crippen LogP contribution in [0.5, 0.6) is 0 Å². The molecule has 84 valence electrons. The van der Waals surface area contributed by atoms with Crippen molar-refractivity contribution in [2.24, 2.45) is 5.92 Å². The van der Waals surface area contributed by atoms with Gasteiger partial charge in [0.1, 0.15) is 5.82 Å². The van der Waals surface area contributed by atoms with Gasteiger partial charge in [-0.05, 0) is 62.5 Å². The van der Waals surface area contributed by atoms with E-state index in [-0.39, 0.29) is 5.82 Å². The lowest BCUT2D eigenvalue weighted by atomic mass is 9.95. The van der Waals surface area contributed by atoms with Crippen LogP contribution in [0.25, 0.3) is 0 Å². The highest BCUT2D eigenvalue weighted by atomic mass is 19.1. The molecule has 0 heterocycles. The number of halogens is 1. The van der Waals surface area contributed by atoms with Crippen LogP contribution in [0.1, 0.15) is 24.5 Å². The van der Waals surface area contributed by atoms with Crippen LogP contribution in [0.2, 0.25) is 0 Å². The fourth-order valence-corrected chi connectivity index (χ4v) is 1.76. The van der Waals surface area contributed by atoms with E-state index in [1.54, 1.807) is 12.1 Å². The monoisotopic (exact) mass is 209 g/mol. The predicted molar refractivity (Wildman–Crippen MR) is 62.5 cm³/mol. The standard InChI is InChI=1S/C13H20FN/c1-10(6-7-15-3)8-12-4-5-13(14)9-11(12)2/h4-5,9-10,15H,6-8H2,1-3H3. The highest BCUT2D eigenvalue weighted by molar-refractivity contribution is 5.26. The Morgan fingerprint density at radius 3 is 2.73 bits per heavy atom. The Balaban J connectivity index is 2.56. The van der Waals surface area contributed by atoms with Crippen molar-refractivity contribution in [2.45, 2.75) is 26.7 Å². The lowest BCUT2D eigenvalue weighted by Gasteiger charge is -2.13. The molecule has 0 aliphatic heterocycles. The van der Waals surface area contributed by atoms with Crippen LogP contribution < -0.4 is 5.32 Å². The molecule has 0 aliphatic rings. The summed E-state index contributed by atoms with van der Waals surface area (Å²) in [5, 5.41) is 3.15. The van der Waals surface area contributed by atoms with Crippen molar-refractivity contribution < 1.29 is 4.39 Å². The van der Waals surface area contributed by atoms with Crippen molar-refractivity contribution in [2.75, 3.05) is 13.6 Å². The van der Waals surface area contributed by atoms with Gasteiger partial charge in [-0.2, -0.15) is 0 Å². The highest BCUT2D eigenvalue weighted by Crippen LogP contribution is 2.16. The van der Waals surface area contributed by atoms with E-state index < -0.39 is 0 Å². The summed E-state index contributed by atoms with van der Waals surface area (Å²) in [6.07, 6.45) is 2.20. The van der Waals surface area contributed by atoms with Gasteiger partial charge < -0.3 is 5.32 Å². The van der Waals surface area contributed by atoms with Gasteiger partial charge in [0.15, 0.2) is 0 Å². The van der Waals surface area contributed by atoms with Gasteiger partial charge in [0.2, 0.25) is 0 Å². The minimum atomic E-state index is -0.140. The predicted octanol–water partition coefficient (Wildman–Crippen LogP) is 2.92. The summed E-state index contributed by atoms with van der Waals surface area (Å²) in [5.41, 5.74) is 2.33. The van der Waals surface area contributed by atoms with Gasteiger partial charge in [-0.1, -0.05) is 13.0 Å². The second-order valence-corrected chi connectivity index (χ2v) is 4.27. The van der Waals surface area contributed by atoms with Crippen molar-refractivity contribution >= 4 is 0 Å². The number of nitrogens with one attached hydrogen (secondary N) is 1. The van der Waals surface area contributed by atoms with Gasteiger partial charge in [0, 0.05) is 0 Å². The fraction of sp³-hybridized carbons (Fsp3) is 0.538. The third-order valence-corrected chi connectivity index (χ3v) is 2.76. The SMILES string of the molecule is CNCCC(C)Cc1ccc(F)cc1C. The highest BCUT2D eigenvalue weighted by Gasteiger charge is 2.06. The summed E-state index contributed by atoms with van der Waals surface area (Å²) in [6, 6.07) is 5.06. The normalized spacial score (nSPS) is 12.8. The van der Waals surface area contributed by atoms with Crippen molar-refractivity contribution in [3.05, 3.63) is 35.1 Å². The third-order valence-electron chi connectivity index (χ3n) is 2.76. The van der Waals surface area contributed by atoms with Gasteiger partial charge in [0.05, 0.1) is 0 Å². The summed E-state index contributed by atoms with van der Waals surface area (Å²) in [5.74, 6) is 0.501. The van der Waals surface area contributed by atoms with Crippen LogP contribution in [-0.2, 0) is 6.42 Å². The van der Waals surface area contributed by atoms with Crippen LogP contribution in [-0.4, -0.2) is 13.6 Å². The maximum atomic E-state index is 12.9. The van der Waals surface area contributed by atoms with Gasteiger partial charge in [-0.15, -0.1) is 0 Å². The maximum Gasteiger partial charge on any atom is 0.123 e. The summed E-state index contributed by atoms with van der Waals surface area (Å²) in [6.45, 7) is 5.25. The van der Waals surface area contributed by atoms with E-state index in [2.05, 4.69) is 12.2 Å². The molecule has 1 N–H and O–H groups in total. The zero-order valence-electron chi connectivity index (χ0n) is 9.81. The molecule has 0 bridgehead atoms. The molecule has 1 aromatic rings. The molecule has 1 aromatic carbocycles. The lowest BCUT2D eigenvalue weighted by molar-refractivity contribution is 0.513. The van der Waals surface area contributed by atoms with E-state index >= 15 is 0 Å². The largest absolute Gasteiger partial charge is 0.320 e. The van der Waals surface area contributed by atoms with Gasteiger partial charge in [0.25, 0.3) is 0 Å². The molecular formula is C13H20FN. The molecule has 1 atom stereocenters. The Morgan fingerprint density at radius 2 is 2.13 bits per heavy atom. The van der Waals surface area contributed by atoms with E-state index in [1.165, 1.54) is 5.56 Å². The molecule has 0 aromatic heterocycles. The lowest BCUT2D eigenvalue weighted by Crippen LogP contribution is -2.13. The first-order valence-electron chi connectivity index (χ1n) is 5.53. The van der Waals surface area contributed by atoms with Crippen LogP contribution in [0.15, 0.2) is 18.2 Å². The smallest absolute Gasteiger partial charge is 0.123 e. The molecule has 0 fully saturated rings. The molecule has 0 aliphatic carbocycles. The average molecular weight is 209 g/mol. The summed E-state index contributed by atoms with van der Waals surface area (Å²) in [4.78, 5) is 0. The fourth-order valence-electron chi connectivity index (χ4n) is 1.76. The molecular weight excluding hydrogens is 189 g/mol. The Bertz CT molecular complexity index is 309. The molecule has 1 rings (SSSR count). The summed E-state index contributed by atoms with van der Waals surface area (Å²) in [7, 11) is 1.97. The minimum Gasteiger partial charge on any atom is -0.320 e. The quantitative estimate of drug-likeness (QED) is 0.786. The van der Waals surface area contributed by atoms with Crippen LogP contribution in [0.4, 0.5) is 4.39 Å². The number of rotatable bonds is 5.